The van der Waals surface area contributed by atoms with Gasteiger partial charge in [0.05, 0.1) is 27.5 Å². The number of sulfonamides is 1. The lowest BCUT2D eigenvalue weighted by atomic mass is 10.3. The molecule has 13 heteroatoms. The van der Waals surface area contributed by atoms with Crippen LogP contribution in [0.2, 0.25) is 5.02 Å². The van der Waals surface area contributed by atoms with Crippen LogP contribution in [0.4, 0.5) is 5.69 Å². The fourth-order valence-corrected chi connectivity index (χ4v) is 5.11. The number of hydrogen-bond donors (Lipinski definition) is 5. The van der Waals surface area contributed by atoms with Crippen molar-refractivity contribution < 1.29 is 22.3 Å². The molecule has 0 saturated carbocycles. The van der Waals surface area contributed by atoms with Gasteiger partial charge in [0.1, 0.15) is 11.1 Å². The van der Waals surface area contributed by atoms with Crippen LogP contribution >= 0.6 is 38.3 Å². The van der Waals surface area contributed by atoms with E-state index in [-0.39, 0.29) is 33.4 Å². The summed E-state index contributed by atoms with van der Waals surface area (Å²) in [5, 5.41) is 7.99. The fourth-order valence-electron chi connectivity index (χ4n) is 2.14. The molecule has 0 bridgehead atoms. The first-order valence-electron chi connectivity index (χ1n) is 6.44. The number of primary sulfonamides is 1. The first kappa shape index (κ1) is 19.7. The maximum absolute atomic E-state index is 11.6. The molecule has 1 unspecified atom stereocenters. The Balaban J connectivity index is 2.37. The Bertz CT molecular complexity index is 776. The van der Waals surface area contributed by atoms with Gasteiger partial charge in [0.25, 0.3) is 0 Å². The molecule has 1 aromatic carbocycles. The van der Waals surface area contributed by atoms with Crippen molar-refractivity contribution in [3.8, 4) is 0 Å². The zero-order valence-corrected chi connectivity index (χ0v) is 16.3. The molecular weight excluding hydrogens is 448 g/mol. The number of rotatable bonds is 4. The number of nitrogens with one attached hydrogen (secondary N) is 2. The second-order valence-electron chi connectivity index (χ2n) is 5.10. The summed E-state index contributed by atoms with van der Waals surface area (Å²) in [6.45, 7) is 0.133. The van der Waals surface area contributed by atoms with E-state index in [0.29, 0.717) is 0 Å². The molecular formula is C11H16BrClN4O5S2. The molecule has 24 heavy (non-hydrogen) atoms. The Hall–Kier alpha value is -0.600. The predicted octanol–water partition coefficient (Wildman–Crippen LogP) is 1.21. The monoisotopic (exact) mass is 462 g/mol. The zero-order valence-electron chi connectivity index (χ0n) is 12.4. The molecule has 0 saturated heterocycles. The lowest BCUT2D eigenvalue weighted by Crippen LogP contribution is -2.50. The smallest absolute Gasteiger partial charge is 0.239 e. The van der Waals surface area contributed by atoms with Gasteiger partial charge in [-0.1, -0.05) is 27.5 Å². The third kappa shape index (κ3) is 4.14. The molecule has 0 radical (unpaired) electrons. The predicted molar refractivity (Wildman–Crippen MR) is 95.9 cm³/mol. The molecule has 136 valence electrons. The largest absolute Gasteiger partial charge is 0.365 e. The van der Waals surface area contributed by atoms with Crippen molar-refractivity contribution in [3.05, 3.63) is 17.2 Å². The van der Waals surface area contributed by atoms with Crippen LogP contribution in [0.1, 0.15) is 0 Å². The molecule has 6 N–H and O–H groups in total. The zero-order chi connectivity index (χ0) is 18.3. The van der Waals surface area contributed by atoms with E-state index in [9.17, 15) is 22.3 Å². The molecule has 0 aliphatic carbocycles. The second-order valence-corrected chi connectivity index (χ2v) is 9.37. The molecule has 1 atom stereocenters. The third-order valence-corrected chi connectivity index (χ3v) is 6.70. The van der Waals surface area contributed by atoms with Gasteiger partial charge in [0.15, 0.2) is 0 Å². The molecule has 1 aromatic rings. The number of alkyl halides is 1. The molecule has 1 aliphatic rings. The second kappa shape index (κ2) is 6.96. The number of hydrogen-bond acceptors (Lipinski definition) is 7. The molecule has 0 fully saturated rings. The average Bonchev–Trinajstić information content (AvgIpc) is 2.43. The highest BCUT2D eigenvalue weighted by atomic mass is 79.9. The van der Waals surface area contributed by atoms with Crippen LogP contribution in [0, 0.1) is 0 Å². The van der Waals surface area contributed by atoms with Gasteiger partial charge in [-0.2, -0.15) is 4.72 Å². The minimum atomic E-state index is -4.12. The number of nitrogens with zero attached hydrogens (tertiary/aromatic N) is 1. The third-order valence-electron chi connectivity index (χ3n) is 3.28. The number of fused-ring (bicyclic) bond motifs is 1. The van der Waals surface area contributed by atoms with Crippen molar-refractivity contribution in [2.75, 3.05) is 24.2 Å². The summed E-state index contributed by atoms with van der Waals surface area (Å²) in [7, 11) is -6.07. The highest BCUT2D eigenvalue weighted by Crippen LogP contribution is 2.52. The van der Waals surface area contributed by atoms with Gasteiger partial charge in [-0.05, 0) is 12.1 Å². The standard InChI is InChI=1S/C11H16BrClN4O5S2/c1-17(11(18)4-12)5-10-15-7-2-6(13)8(23(14,19)20)3-9(7)24(21,22)16-10/h2-3,10,15-16,21-22H,4-5H2,1H3,(H2,14,19,20). The Morgan fingerprint density at radius 3 is 2.67 bits per heavy atom. The van der Waals surface area contributed by atoms with Crippen molar-refractivity contribution in [2.24, 2.45) is 5.14 Å². The normalized spacial score (nSPS) is 20.7. The van der Waals surface area contributed by atoms with Crippen molar-refractivity contribution >= 4 is 59.9 Å². The van der Waals surface area contributed by atoms with Crippen molar-refractivity contribution in [1.29, 1.82) is 0 Å². The highest BCUT2D eigenvalue weighted by Gasteiger charge is 2.33. The average molecular weight is 464 g/mol. The van der Waals surface area contributed by atoms with Gasteiger partial charge in [0, 0.05) is 7.05 Å². The number of halogens is 2. The molecule has 0 aromatic heterocycles. The van der Waals surface area contributed by atoms with Crippen LogP contribution in [-0.4, -0.2) is 53.4 Å². The van der Waals surface area contributed by atoms with E-state index in [1.807, 2.05) is 0 Å². The molecule has 1 aliphatic heterocycles. The van der Waals surface area contributed by atoms with E-state index in [4.69, 9.17) is 16.7 Å². The Morgan fingerprint density at radius 1 is 1.50 bits per heavy atom. The Morgan fingerprint density at radius 2 is 2.12 bits per heavy atom. The SMILES string of the molecule is CN(CC1Nc2cc(Cl)c(S(N)(=O)=O)cc2S(O)(O)N1)C(=O)CBr. The summed E-state index contributed by atoms with van der Waals surface area (Å²) in [6.07, 6.45) is -0.674. The van der Waals surface area contributed by atoms with E-state index in [0.717, 1.165) is 6.07 Å². The maximum Gasteiger partial charge on any atom is 0.239 e. The molecule has 2 rings (SSSR count). The number of nitrogens with two attached hydrogens (primary N) is 1. The number of amides is 1. The van der Waals surface area contributed by atoms with Gasteiger partial charge in [-0.3, -0.25) is 13.9 Å². The van der Waals surface area contributed by atoms with E-state index >= 15 is 0 Å². The minimum absolute atomic E-state index is 0.0679. The molecule has 1 amide bonds. The van der Waals surface area contributed by atoms with E-state index in [2.05, 4.69) is 26.0 Å². The molecule has 0 spiro atoms. The van der Waals surface area contributed by atoms with Crippen LogP contribution in [-0.2, 0) is 14.8 Å². The van der Waals surface area contributed by atoms with Crippen LogP contribution in [0.3, 0.4) is 0 Å². The summed E-state index contributed by atoms with van der Waals surface area (Å²) in [5.41, 5.74) is 0.246. The topological polar surface area (TPSA) is 145 Å². The first-order chi connectivity index (χ1) is 11.0. The van der Waals surface area contributed by atoms with Crippen LogP contribution in [0.15, 0.2) is 21.9 Å². The Kier molecular flexibility index (Phi) is 5.72. The van der Waals surface area contributed by atoms with E-state index < -0.39 is 31.9 Å². The van der Waals surface area contributed by atoms with Crippen molar-refractivity contribution in [1.82, 2.24) is 9.62 Å². The van der Waals surface area contributed by atoms with E-state index in [1.54, 1.807) is 7.05 Å². The number of anilines is 1. The summed E-state index contributed by atoms with van der Waals surface area (Å²) in [5.74, 6) is -0.191. The summed E-state index contributed by atoms with van der Waals surface area (Å²) >= 11 is 8.97. The summed E-state index contributed by atoms with van der Waals surface area (Å²) in [6, 6.07) is 2.27. The quantitative estimate of drug-likeness (QED) is 0.422. The summed E-state index contributed by atoms with van der Waals surface area (Å²) < 4.78 is 46.2. The fraction of sp³-hybridized carbons (Fsp3) is 0.364. The molecule has 1 heterocycles. The maximum atomic E-state index is 11.6. The number of carbonyl (C=O) groups excluding carboxylic acids is 1. The summed E-state index contributed by atoms with van der Waals surface area (Å²) in [4.78, 5) is 12.5. The lowest BCUT2D eigenvalue weighted by Gasteiger charge is -2.44. The molecule has 9 nitrogen and oxygen atoms in total. The van der Waals surface area contributed by atoms with Gasteiger partial charge in [0.2, 0.25) is 15.9 Å². The minimum Gasteiger partial charge on any atom is -0.365 e. The highest BCUT2D eigenvalue weighted by molar-refractivity contribution is 9.09. The van der Waals surface area contributed by atoms with Crippen LogP contribution in [0.25, 0.3) is 0 Å². The number of benzene rings is 1. The van der Waals surface area contributed by atoms with Gasteiger partial charge in [-0.25, -0.2) is 13.6 Å². The number of carbonyl (C=O) groups is 1. The van der Waals surface area contributed by atoms with E-state index in [1.165, 1.54) is 11.0 Å². The van der Waals surface area contributed by atoms with Gasteiger partial charge < -0.3 is 10.2 Å². The van der Waals surface area contributed by atoms with Crippen molar-refractivity contribution in [3.63, 3.8) is 0 Å². The number of likely N-dealkylation sites (N-methyl/N-ethyl adjacent to an activating group) is 1. The Labute approximate surface area is 154 Å². The van der Waals surface area contributed by atoms with Crippen LogP contribution in [0.5, 0.6) is 0 Å². The lowest BCUT2D eigenvalue weighted by molar-refractivity contribution is -0.127. The van der Waals surface area contributed by atoms with Crippen molar-refractivity contribution in [2.45, 2.75) is 16.0 Å². The van der Waals surface area contributed by atoms with Crippen LogP contribution < -0.4 is 15.2 Å². The van der Waals surface area contributed by atoms with Gasteiger partial charge in [-0.15, -0.1) is 10.8 Å². The van der Waals surface area contributed by atoms with Gasteiger partial charge >= 0.3 is 0 Å². The first-order valence-corrected chi connectivity index (χ1v) is 11.0.